The summed E-state index contributed by atoms with van der Waals surface area (Å²) in [6.07, 6.45) is 0.763. The van der Waals surface area contributed by atoms with Gasteiger partial charge in [0.15, 0.2) is 0 Å². The number of aromatic amines is 1. The van der Waals surface area contributed by atoms with E-state index in [1.54, 1.807) is 0 Å². The highest BCUT2D eigenvalue weighted by Gasteiger charge is 2.12. The van der Waals surface area contributed by atoms with Gasteiger partial charge >= 0.3 is 0 Å². The second-order valence-electron chi connectivity index (χ2n) is 6.82. The number of aromatic nitrogens is 2. The minimum Gasteiger partial charge on any atom is -0.466 e. The Kier molecular flexibility index (Phi) is 5.88. The molecule has 0 atom stereocenters. The Labute approximate surface area is 158 Å². The predicted molar refractivity (Wildman–Crippen MR) is 106 cm³/mol. The van der Waals surface area contributed by atoms with Gasteiger partial charge in [-0.1, -0.05) is 24.3 Å². The number of aryl methyl sites for hydroxylation is 2. The van der Waals surface area contributed by atoms with Crippen LogP contribution in [0.4, 0.5) is 0 Å². The van der Waals surface area contributed by atoms with Crippen LogP contribution in [0.5, 0.6) is 0 Å². The molecule has 3 rings (SSSR count). The Bertz CT molecular complexity index is 958. The summed E-state index contributed by atoms with van der Waals surface area (Å²) in [4.78, 5) is 21.7. The van der Waals surface area contributed by atoms with E-state index in [9.17, 15) is 4.79 Å². The van der Waals surface area contributed by atoms with E-state index in [4.69, 9.17) is 9.52 Å². The van der Waals surface area contributed by atoms with Gasteiger partial charge in [0.25, 0.3) is 5.56 Å². The summed E-state index contributed by atoms with van der Waals surface area (Å²) in [5.74, 6) is 2.08. The van der Waals surface area contributed by atoms with Gasteiger partial charge in [-0.2, -0.15) is 0 Å². The number of hydrogen-bond donors (Lipinski definition) is 2. The van der Waals surface area contributed by atoms with Crippen molar-refractivity contribution >= 4 is 0 Å². The molecule has 0 saturated heterocycles. The second kappa shape index (κ2) is 8.33. The van der Waals surface area contributed by atoms with E-state index in [1.165, 1.54) is 11.6 Å². The predicted octanol–water partition coefficient (Wildman–Crippen LogP) is 3.13. The lowest BCUT2D eigenvalue weighted by atomic mass is 10.1. The van der Waals surface area contributed by atoms with Gasteiger partial charge in [-0.05, 0) is 38.9 Å². The molecule has 2 N–H and O–H groups in total. The molecule has 2 heterocycles. The highest BCUT2D eigenvalue weighted by atomic mass is 16.3. The number of aliphatic hydroxyl groups excluding tert-OH is 1. The Balaban J connectivity index is 1.84. The van der Waals surface area contributed by atoms with Gasteiger partial charge in [0, 0.05) is 36.9 Å². The smallest absolute Gasteiger partial charge is 0.251 e. The molecule has 0 aliphatic carbocycles. The largest absolute Gasteiger partial charge is 0.466 e. The van der Waals surface area contributed by atoms with Crippen LogP contribution in [0.25, 0.3) is 22.6 Å². The van der Waals surface area contributed by atoms with Crippen molar-refractivity contribution in [2.45, 2.75) is 26.8 Å². The van der Waals surface area contributed by atoms with Crippen LogP contribution in [0.1, 0.15) is 23.5 Å². The Hall–Kier alpha value is -2.70. The zero-order valence-electron chi connectivity index (χ0n) is 16.0. The van der Waals surface area contributed by atoms with Gasteiger partial charge in [0.2, 0.25) is 0 Å². The van der Waals surface area contributed by atoms with Crippen LogP contribution in [0.15, 0.2) is 45.6 Å². The Morgan fingerprint density at radius 1 is 1.19 bits per heavy atom. The highest BCUT2D eigenvalue weighted by Crippen LogP contribution is 2.25. The maximum absolute atomic E-state index is 12.1. The first-order chi connectivity index (χ1) is 13.0. The van der Waals surface area contributed by atoms with E-state index < -0.39 is 0 Å². The number of furan rings is 1. The molecule has 142 valence electrons. The summed E-state index contributed by atoms with van der Waals surface area (Å²) < 4.78 is 5.56. The molecular formula is C21H25N3O3. The molecule has 1 aromatic carbocycles. The number of H-pyrrole nitrogens is 1. The van der Waals surface area contributed by atoms with Crippen molar-refractivity contribution < 1.29 is 9.52 Å². The van der Waals surface area contributed by atoms with Crippen LogP contribution in [0.2, 0.25) is 0 Å². The molecule has 27 heavy (non-hydrogen) atoms. The van der Waals surface area contributed by atoms with Crippen molar-refractivity contribution in [1.29, 1.82) is 0 Å². The van der Waals surface area contributed by atoms with E-state index in [0.717, 1.165) is 42.2 Å². The van der Waals surface area contributed by atoms with Crippen molar-refractivity contribution in [2.24, 2.45) is 0 Å². The molecule has 0 fully saturated rings. The van der Waals surface area contributed by atoms with Gasteiger partial charge in [-0.25, -0.2) is 4.98 Å². The van der Waals surface area contributed by atoms with Crippen LogP contribution < -0.4 is 5.56 Å². The average molecular weight is 367 g/mol. The van der Waals surface area contributed by atoms with E-state index >= 15 is 0 Å². The van der Waals surface area contributed by atoms with Crippen LogP contribution in [0.3, 0.4) is 0 Å². The van der Waals surface area contributed by atoms with Gasteiger partial charge in [-0.15, -0.1) is 0 Å². The molecule has 6 heteroatoms. The summed E-state index contributed by atoms with van der Waals surface area (Å²) in [5.41, 5.74) is 3.27. The quantitative estimate of drug-likeness (QED) is 0.670. The third-order valence-electron chi connectivity index (χ3n) is 4.44. The van der Waals surface area contributed by atoms with Gasteiger partial charge in [0.1, 0.15) is 17.3 Å². The fraction of sp³-hybridized carbons (Fsp3) is 0.333. The summed E-state index contributed by atoms with van der Waals surface area (Å²) in [7, 11) is 2.03. The maximum atomic E-state index is 12.1. The monoisotopic (exact) mass is 367 g/mol. The number of nitrogens with zero attached hydrogens (tertiary/aromatic N) is 2. The van der Waals surface area contributed by atoms with E-state index in [-0.39, 0.29) is 12.2 Å². The topological polar surface area (TPSA) is 82.4 Å². The number of rotatable bonds is 7. The first kappa shape index (κ1) is 19.1. The summed E-state index contributed by atoms with van der Waals surface area (Å²) in [5, 5.41) is 8.92. The number of hydrogen-bond acceptors (Lipinski definition) is 5. The standard InChI is InChI=1S/C21H25N3O3/c1-14-11-18(15(2)27-14)19-12-20(26)23-21(22-19)17-7-5-16(6-8-17)13-24(3)9-4-10-25/h5-8,11-12,25H,4,9-10,13H2,1-3H3,(H,22,23,26). The van der Waals surface area contributed by atoms with E-state index in [0.29, 0.717) is 11.5 Å². The zero-order chi connectivity index (χ0) is 19.4. The summed E-state index contributed by atoms with van der Waals surface area (Å²) >= 11 is 0. The molecule has 0 aliphatic rings. The van der Waals surface area contributed by atoms with Gasteiger partial charge in [-0.3, -0.25) is 4.79 Å². The molecule has 2 aromatic heterocycles. The molecule has 0 saturated carbocycles. The molecule has 0 bridgehead atoms. The fourth-order valence-corrected chi connectivity index (χ4v) is 3.12. The second-order valence-corrected chi connectivity index (χ2v) is 6.82. The van der Waals surface area contributed by atoms with Gasteiger partial charge < -0.3 is 19.4 Å². The molecule has 3 aromatic rings. The van der Waals surface area contributed by atoms with Crippen molar-refractivity contribution in [3.05, 3.63) is 63.8 Å². The number of nitrogens with one attached hydrogen (secondary N) is 1. The van der Waals surface area contributed by atoms with Crippen LogP contribution in [-0.2, 0) is 6.54 Å². The Morgan fingerprint density at radius 3 is 2.56 bits per heavy atom. The molecule has 6 nitrogen and oxygen atoms in total. The van der Waals surface area contributed by atoms with Crippen molar-refractivity contribution in [2.75, 3.05) is 20.2 Å². The third-order valence-corrected chi connectivity index (χ3v) is 4.44. The zero-order valence-corrected chi connectivity index (χ0v) is 16.0. The molecule has 0 aliphatic heterocycles. The fourth-order valence-electron chi connectivity index (χ4n) is 3.12. The maximum Gasteiger partial charge on any atom is 0.251 e. The lowest BCUT2D eigenvalue weighted by molar-refractivity contribution is 0.244. The van der Waals surface area contributed by atoms with Crippen LogP contribution in [0, 0.1) is 13.8 Å². The van der Waals surface area contributed by atoms with Crippen molar-refractivity contribution in [1.82, 2.24) is 14.9 Å². The first-order valence-electron chi connectivity index (χ1n) is 9.04. The highest BCUT2D eigenvalue weighted by molar-refractivity contribution is 5.65. The van der Waals surface area contributed by atoms with Crippen molar-refractivity contribution in [3.8, 4) is 22.6 Å². The summed E-state index contributed by atoms with van der Waals surface area (Å²) in [6, 6.07) is 11.4. The first-order valence-corrected chi connectivity index (χ1v) is 9.04. The van der Waals surface area contributed by atoms with Gasteiger partial charge in [0.05, 0.1) is 5.69 Å². The molecule has 0 amide bonds. The van der Waals surface area contributed by atoms with Crippen LogP contribution >= 0.6 is 0 Å². The molecule has 0 unspecified atom stereocenters. The molecule has 0 radical (unpaired) electrons. The minimum absolute atomic E-state index is 0.193. The third kappa shape index (κ3) is 4.72. The lowest BCUT2D eigenvalue weighted by Crippen LogP contribution is -2.19. The van der Waals surface area contributed by atoms with Crippen molar-refractivity contribution in [3.63, 3.8) is 0 Å². The number of aliphatic hydroxyl groups is 1. The minimum atomic E-state index is -0.193. The number of benzene rings is 1. The lowest BCUT2D eigenvalue weighted by Gasteiger charge is -2.16. The Morgan fingerprint density at radius 2 is 1.93 bits per heavy atom. The average Bonchev–Trinajstić information content (AvgIpc) is 2.98. The van der Waals surface area contributed by atoms with Crippen LogP contribution in [-0.4, -0.2) is 40.2 Å². The molecule has 0 spiro atoms. The normalized spacial score (nSPS) is 11.3. The summed E-state index contributed by atoms with van der Waals surface area (Å²) in [6.45, 7) is 5.60. The molecular weight excluding hydrogens is 342 g/mol. The van der Waals surface area contributed by atoms with E-state index in [2.05, 4.69) is 14.9 Å². The SMILES string of the molecule is Cc1cc(-c2cc(=O)[nH]c(-c3ccc(CN(C)CCCO)cc3)n2)c(C)o1. The van der Waals surface area contributed by atoms with E-state index in [1.807, 2.05) is 51.2 Å².